The minimum atomic E-state index is -0.396. The second-order valence-corrected chi connectivity index (χ2v) is 4.81. The zero-order valence-electron chi connectivity index (χ0n) is 11.7. The van der Waals surface area contributed by atoms with E-state index in [0.717, 1.165) is 36.8 Å². The lowest BCUT2D eigenvalue weighted by Crippen LogP contribution is -2.33. The second kappa shape index (κ2) is 5.45. The maximum Gasteiger partial charge on any atom is 0.235 e. The third kappa shape index (κ3) is 2.24. The van der Waals surface area contributed by atoms with Crippen LogP contribution in [0.2, 0.25) is 0 Å². The van der Waals surface area contributed by atoms with Gasteiger partial charge in [-0.2, -0.15) is 4.99 Å². The van der Waals surface area contributed by atoms with Crippen LogP contribution in [0.5, 0.6) is 11.5 Å². The van der Waals surface area contributed by atoms with Gasteiger partial charge < -0.3 is 9.47 Å². The van der Waals surface area contributed by atoms with Gasteiger partial charge in [-0.05, 0) is 48.9 Å². The van der Waals surface area contributed by atoms with Gasteiger partial charge in [0.25, 0.3) is 0 Å². The molecule has 0 N–H and O–H groups in total. The maximum atomic E-state index is 10.7. The van der Waals surface area contributed by atoms with Gasteiger partial charge in [0.05, 0.1) is 19.8 Å². The molecule has 0 atom stereocenters. The number of aliphatic imine (C=N–C) groups is 1. The Balaban J connectivity index is 2.58. The Kier molecular flexibility index (Phi) is 3.91. The van der Waals surface area contributed by atoms with Gasteiger partial charge in [0.15, 0.2) is 11.5 Å². The molecule has 1 aromatic carbocycles. The van der Waals surface area contributed by atoms with E-state index in [1.807, 2.05) is 12.1 Å². The van der Waals surface area contributed by atoms with E-state index in [4.69, 9.17) is 9.47 Å². The van der Waals surface area contributed by atoms with Crippen LogP contribution in [0.1, 0.15) is 37.3 Å². The highest BCUT2D eigenvalue weighted by molar-refractivity contribution is 5.52. The molecule has 0 saturated heterocycles. The Morgan fingerprint density at radius 1 is 1.26 bits per heavy atom. The number of benzene rings is 1. The summed E-state index contributed by atoms with van der Waals surface area (Å²) in [5, 5.41) is 0. The number of carbonyl (C=O) groups excluding carboxylic acids is 1. The second-order valence-electron chi connectivity index (χ2n) is 4.81. The molecule has 0 aromatic heterocycles. The average molecular weight is 261 g/mol. The van der Waals surface area contributed by atoms with Gasteiger partial charge in [-0.3, -0.25) is 0 Å². The third-order valence-electron chi connectivity index (χ3n) is 3.93. The Morgan fingerprint density at radius 2 is 1.89 bits per heavy atom. The van der Waals surface area contributed by atoms with E-state index < -0.39 is 5.54 Å². The van der Waals surface area contributed by atoms with Gasteiger partial charge in [0.1, 0.15) is 0 Å². The first-order valence-electron chi connectivity index (χ1n) is 6.55. The molecule has 0 radical (unpaired) electrons. The van der Waals surface area contributed by atoms with E-state index >= 15 is 0 Å². The van der Waals surface area contributed by atoms with Crippen LogP contribution in [0.3, 0.4) is 0 Å². The van der Waals surface area contributed by atoms with E-state index in [9.17, 15) is 4.79 Å². The summed E-state index contributed by atoms with van der Waals surface area (Å²) in [6.45, 7) is 2.09. The molecule has 19 heavy (non-hydrogen) atoms. The molecule has 0 unspecified atom stereocenters. The molecule has 0 bridgehead atoms. The van der Waals surface area contributed by atoms with Gasteiger partial charge in [-0.25, -0.2) is 4.79 Å². The van der Waals surface area contributed by atoms with Gasteiger partial charge >= 0.3 is 0 Å². The number of rotatable bonds is 5. The van der Waals surface area contributed by atoms with Crippen molar-refractivity contribution < 1.29 is 14.3 Å². The van der Waals surface area contributed by atoms with Crippen molar-refractivity contribution in [3.63, 3.8) is 0 Å². The fourth-order valence-electron chi connectivity index (χ4n) is 2.69. The van der Waals surface area contributed by atoms with Gasteiger partial charge in [-0.15, -0.1) is 0 Å². The van der Waals surface area contributed by atoms with Crippen molar-refractivity contribution in [1.29, 1.82) is 0 Å². The molecule has 0 heterocycles. The number of isocyanates is 1. The van der Waals surface area contributed by atoms with Crippen molar-refractivity contribution in [2.45, 2.75) is 38.1 Å². The molecule has 1 saturated carbocycles. The zero-order valence-corrected chi connectivity index (χ0v) is 11.7. The van der Waals surface area contributed by atoms with Crippen molar-refractivity contribution in [2.75, 3.05) is 14.2 Å². The SMILES string of the molecule is CCc1cc(OC)c(OC)cc1C1(N=C=O)CCC1. The molecular formula is C15H19NO3. The molecule has 1 aliphatic carbocycles. The monoisotopic (exact) mass is 261 g/mol. The van der Waals surface area contributed by atoms with Gasteiger partial charge in [0, 0.05) is 0 Å². The first kappa shape index (κ1) is 13.6. The fourth-order valence-corrected chi connectivity index (χ4v) is 2.69. The number of hydrogen-bond donors (Lipinski definition) is 0. The van der Waals surface area contributed by atoms with Gasteiger partial charge in [0.2, 0.25) is 6.08 Å². The molecule has 2 rings (SSSR count). The molecule has 4 nitrogen and oxygen atoms in total. The summed E-state index contributed by atoms with van der Waals surface area (Å²) < 4.78 is 10.7. The molecule has 1 aromatic rings. The third-order valence-corrected chi connectivity index (χ3v) is 3.93. The molecule has 102 valence electrons. The van der Waals surface area contributed by atoms with Crippen LogP contribution in [0.25, 0.3) is 0 Å². The van der Waals surface area contributed by atoms with E-state index in [0.29, 0.717) is 11.5 Å². The van der Waals surface area contributed by atoms with Crippen LogP contribution in [-0.4, -0.2) is 20.3 Å². The minimum absolute atomic E-state index is 0.396. The molecule has 0 amide bonds. The van der Waals surface area contributed by atoms with E-state index in [1.54, 1.807) is 20.3 Å². The summed E-state index contributed by atoms with van der Waals surface area (Å²) in [5.41, 5.74) is 1.82. The molecule has 0 spiro atoms. The molecule has 1 aliphatic rings. The topological polar surface area (TPSA) is 47.9 Å². The Labute approximate surface area is 113 Å². The molecular weight excluding hydrogens is 242 g/mol. The maximum absolute atomic E-state index is 10.7. The lowest BCUT2D eigenvalue weighted by Gasteiger charge is -2.38. The van der Waals surface area contributed by atoms with Crippen LogP contribution in [-0.2, 0) is 16.8 Å². The summed E-state index contributed by atoms with van der Waals surface area (Å²) >= 11 is 0. The van der Waals surface area contributed by atoms with Crippen molar-refractivity contribution in [3.8, 4) is 11.5 Å². The minimum Gasteiger partial charge on any atom is -0.493 e. The molecule has 1 fully saturated rings. The summed E-state index contributed by atoms with van der Waals surface area (Å²) in [6.07, 6.45) is 5.47. The summed E-state index contributed by atoms with van der Waals surface area (Å²) in [6, 6.07) is 3.94. The van der Waals surface area contributed by atoms with E-state index in [-0.39, 0.29) is 0 Å². The van der Waals surface area contributed by atoms with E-state index in [2.05, 4.69) is 11.9 Å². The number of aryl methyl sites for hydroxylation is 1. The summed E-state index contributed by atoms with van der Waals surface area (Å²) in [5.74, 6) is 1.40. The number of ether oxygens (including phenoxy) is 2. The fraction of sp³-hybridized carbons (Fsp3) is 0.533. The van der Waals surface area contributed by atoms with Crippen LogP contribution in [0.15, 0.2) is 17.1 Å². The van der Waals surface area contributed by atoms with Crippen LogP contribution in [0, 0.1) is 0 Å². The number of methoxy groups -OCH3 is 2. The van der Waals surface area contributed by atoms with Crippen molar-refractivity contribution >= 4 is 6.08 Å². The normalized spacial score (nSPS) is 16.2. The molecule has 4 heteroatoms. The largest absolute Gasteiger partial charge is 0.493 e. The standard InChI is InChI=1S/C15H19NO3/c1-4-11-8-13(18-2)14(19-3)9-12(11)15(16-10-17)6-5-7-15/h8-9H,4-7H2,1-3H3. The first-order valence-corrected chi connectivity index (χ1v) is 6.55. The predicted octanol–water partition coefficient (Wildman–Crippen LogP) is 2.98. The van der Waals surface area contributed by atoms with Crippen LogP contribution < -0.4 is 9.47 Å². The van der Waals surface area contributed by atoms with Gasteiger partial charge in [-0.1, -0.05) is 6.92 Å². The Hall–Kier alpha value is -1.80. The van der Waals surface area contributed by atoms with Crippen LogP contribution in [0.4, 0.5) is 0 Å². The summed E-state index contributed by atoms with van der Waals surface area (Å²) in [7, 11) is 3.24. The van der Waals surface area contributed by atoms with E-state index in [1.165, 1.54) is 0 Å². The highest BCUT2D eigenvalue weighted by Crippen LogP contribution is 2.48. The molecule has 0 aliphatic heterocycles. The number of nitrogens with zero attached hydrogens (tertiary/aromatic N) is 1. The highest BCUT2D eigenvalue weighted by atomic mass is 16.5. The smallest absolute Gasteiger partial charge is 0.235 e. The lowest BCUT2D eigenvalue weighted by molar-refractivity contribution is 0.252. The first-order chi connectivity index (χ1) is 9.20. The summed E-state index contributed by atoms with van der Waals surface area (Å²) in [4.78, 5) is 14.8. The van der Waals surface area contributed by atoms with Crippen molar-refractivity contribution in [2.24, 2.45) is 4.99 Å². The van der Waals surface area contributed by atoms with Crippen molar-refractivity contribution in [1.82, 2.24) is 0 Å². The Morgan fingerprint density at radius 3 is 2.32 bits per heavy atom. The predicted molar refractivity (Wildman–Crippen MR) is 72.6 cm³/mol. The quantitative estimate of drug-likeness (QED) is 0.604. The average Bonchev–Trinajstić information content (AvgIpc) is 2.41. The zero-order chi connectivity index (χ0) is 13.9. The van der Waals surface area contributed by atoms with Crippen LogP contribution >= 0.6 is 0 Å². The lowest BCUT2D eigenvalue weighted by atomic mass is 9.70. The van der Waals surface area contributed by atoms with Crippen molar-refractivity contribution in [3.05, 3.63) is 23.3 Å². The Bertz CT molecular complexity index is 514. The highest BCUT2D eigenvalue weighted by Gasteiger charge is 2.40. The number of hydrogen-bond acceptors (Lipinski definition) is 4.